The minimum Gasteiger partial charge on any atom is -0.477 e. The number of rotatable bonds is 5. The molecule has 0 spiro atoms. The van der Waals surface area contributed by atoms with E-state index in [1.165, 1.54) is 4.88 Å². The van der Waals surface area contributed by atoms with Gasteiger partial charge in [-0.25, -0.2) is 4.98 Å². The lowest BCUT2D eigenvalue weighted by Crippen LogP contribution is -2.03. The Hall–Kier alpha value is -1.40. The number of aryl methyl sites for hydroxylation is 1. The standard InChI is InChI=1S/C11H15N3O2S/c1-2-7-6-8-9(16-5-3-4-15)13-11(12)14-10(8)17-7/h6,15H,2-5H2,1H3,(H2,12,13,14). The van der Waals surface area contributed by atoms with E-state index in [4.69, 9.17) is 15.6 Å². The highest BCUT2D eigenvalue weighted by Crippen LogP contribution is 2.31. The number of aliphatic hydroxyl groups is 1. The summed E-state index contributed by atoms with van der Waals surface area (Å²) in [4.78, 5) is 10.4. The number of aromatic nitrogens is 2. The number of nitrogen functional groups attached to an aromatic ring is 1. The summed E-state index contributed by atoms with van der Waals surface area (Å²) in [6, 6.07) is 2.04. The van der Waals surface area contributed by atoms with E-state index >= 15 is 0 Å². The zero-order valence-electron chi connectivity index (χ0n) is 9.64. The molecule has 6 heteroatoms. The Kier molecular flexibility index (Phi) is 3.75. The Labute approximate surface area is 103 Å². The van der Waals surface area contributed by atoms with Crippen molar-refractivity contribution in [3.05, 3.63) is 10.9 Å². The van der Waals surface area contributed by atoms with Gasteiger partial charge in [0, 0.05) is 17.9 Å². The molecule has 2 rings (SSSR count). The molecule has 0 aliphatic carbocycles. The Morgan fingerprint density at radius 1 is 1.47 bits per heavy atom. The van der Waals surface area contributed by atoms with Gasteiger partial charge in [0.25, 0.3) is 0 Å². The van der Waals surface area contributed by atoms with Gasteiger partial charge in [0.15, 0.2) is 0 Å². The van der Waals surface area contributed by atoms with Gasteiger partial charge in [-0.05, 0) is 12.5 Å². The minimum atomic E-state index is 0.105. The second kappa shape index (κ2) is 5.29. The fourth-order valence-electron chi connectivity index (χ4n) is 1.48. The van der Waals surface area contributed by atoms with Crippen molar-refractivity contribution in [3.8, 4) is 5.88 Å². The van der Waals surface area contributed by atoms with Crippen molar-refractivity contribution in [1.29, 1.82) is 0 Å². The van der Waals surface area contributed by atoms with Gasteiger partial charge >= 0.3 is 0 Å². The first-order valence-electron chi connectivity index (χ1n) is 5.54. The van der Waals surface area contributed by atoms with Crippen LogP contribution in [0.4, 0.5) is 5.95 Å². The van der Waals surface area contributed by atoms with Crippen LogP contribution in [-0.4, -0.2) is 28.3 Å². The minimum absolute atomic E-state index is 0.105. The number of hydrogen-bond acceptors (Lipinski definition) is 6. The maximum absolute atomic E-state index is 8.72. The molecule has 0 amide bonds. The highest BCUT2D eigenvalue weighted by atomic mass is 32.1. The third kappa shape index (κ3) is 2.65. The van der Waals surface area contributed by atoms with Crippen LogP contribution in [0.5, 0.6) is 5.88 Å². The summed E-state index contributed by atoms with van der Waals surface area (Å²) in [5, 5.41) is 9.62. The van der Waals surface area contributed by atoms with Crippen molar-refractivity contribution >= 4 is 27.5 Å². The first-order valence-corrected chi connectivity index (χ1v) is 6.35. The molecule has 0 aromatic carbocycles. The first-order chi connectivity index (χ1) is 8.24. The van der Waals surface area contributed by atoms with Gasteiger partial charge < -0.3 is 15.6 Å². The maximum Gasteiger partial charge on any atom is 0.227 e. The summed E-state index contributed by atoms with van der Waals surface area (Å²) >= 11 is 1.60. The number of aliphatic hydroxyl groups excluding tert-OH is 1. The molecule has 2 aromatic rings. The lowest BCUT2D eigenvalue weighted by Gasteiger charge is -2.05. The maximum atomic E-state index is 8.72. The zero-order valence-corrected chi connectivity index (χ0v) is 10.5. The van der Waals surface area contributed by atoms with Crippen molar-refractivity contribution in [2.24, 2.45) is 0 Å². The fraction of sp³-hybridized carbons (Fsp3) is 0.455. The molecule has 2 heterocycles. The summed E-state index contributed by atoms with van der Waals surface area (Å²) in [7, 11) is 0. The van der Waals surface area contributed by atoms with Crippen LogP contribution in [-0.2, 0) is 6.42 Å². The first kappa shape index (κ1) is 12.1. The molecule has 0 atom stereocenters. The largest absolute Gasteiger partial charge is 0.477 e. The Balaban J connectivity index is 2.34. The predicted molar refractivity (Wildman–Crippen MR) is 68.4 cm³/mol. The van der Waals surface area contributed by atoms with Crippen molar-refractivity contribution in [3.63, 3.8) is 0 Å². The lowest BCUT2D eigenvalue weighted by molar-refractivity contribution is 0.231. The third-order valence-corrected chi connectivity index (χ3v) is 3.49. The summed E-state index contributed by atoms with van der Waals surface area (Å²) in [6.45, 7) is 2.63. The molecule has 0 saturated carbocycles. The van der Waals surface area contributed by atoms with Crippen molar-refractivity contribution in [1.82, 2.24) is 9.97 Å². The number of anilines is 1. The number of fused-ring (bicyclic) bond motifs is 1. The van der Waals surface area contributed by atoms with E-state index in [1.54, 1.807) is 11.3 Å². The molecule has 0 bridgehead atoms. The van der Waals surface area contributed by atoms with Crippen LogP contribution in [0.25, 0.3) is 10.2 Å². The van der Waals surface area contributed by atoms with Crippen LogP contribution in [0.1, 0.15) is 18.2 Å². The van der Waals surface area contributed by atoms with E-state index in [0.29, 0.717) is 18.9 Å². The molecule has 92 valence electrons. The van der Waals surface area contributed by atoms with Gasteiger partial charge in [0.05, 0.1) is 12.0 Å². The zero-order chi connectivity index (χ0) is 12.3. The number of ether oxygens (including phenoxy) is 1. The van der Waals surface area contributed by atoms with E-state index in [2.05, 4.69) is 16.9 Å². The van der Waals surface area contributed by atoms with E-state index in [9.17, 15) is 0 Å². The molecule has 2 aromatic heterocycles. The SMILES string of the molecule is CCc1cc2c(OCCCO)nc(N)nc2s1. The fourth-order valence-corrected chi connectivity index (χ4v) is 2.44. The van der Waals surface area contributed by atoms with Crippen molar-refractivity contribution in [2.75, 3.05) is 18.9 Å². The highest BCUT2D eigenvalue weighted by molar-refractivity contribution is 7.18. The lowest BCUT2D eigenvalue weighted by atomic mass is 10.3. The molecule has 0 fully saturated rings. The second-order valence-corrected chi connectivity index (χ2v) is 4.71. The molecule has 0 aliphatic rings. The Bertz CT molecular complexity index is 513. The highest BCUT2D eigenvalue weighted by Gasteiger charge is 2.11. The quantitative estimate of drug-likeness (QED) is 0.791. The Morgan fingerprint density at radius 2 is 2.29 bits per heavy atom. The van der Waals surface area contributed by atoms with E-state index in [0.717, 1.165) is 16.6 Å². The monoisotopic (exact) mass is 253 g/mol. The number of nitrogens with two attached hydrogens (primary N) is 1. The molecule has 0 unspecified atom stereocenters. The van der Waals surface area contributed by atoms with Crippen LogP contribution in [0.2, 0.25) is 0 Å². The van der Waals surface area contributed by atoms with Gasteiger partial charge in [-0.3, -0.25) is 0 Å². The number of thiophene rings is 1. The van der Waals surface area contributed by atoms with Gasteiger partial charge in [-0.2, -0.15) is 4.98 Å². The van der Waals surface area contributed by atoms with E-state index in [-0.39, 0.29) is 12.6 Å². The van der Waals surface area contributed by atoms with Crippen LogP contribution >= 0.6 is 11.3 Å². The van der Waals surface area contributed by atoms with Gasteiger partial charge in [0.2, 0.25) is 11.8 Å². The molecule has 5 nitrogen and oxygen atoms in total. The van der Waals surface area contributed by atoms with Crippen LogP contribution in [0.3, 0.4) is 0 Å². The molecular formula is C11H15N3O2S. The normalized spacial score (nSPS) is 10.9. The van der Waals surface area contributed by atoms with Crippen molar-refractivity contribution in [2.45, 2.75) is 19.8 Å². The molecular weight excluding hydrogens is 238 g/mol. The van der Waals surface area contributed by atoms with E-state index < -0.39 is 0 Å². The van der Waals surface area contributed by atoms with Crippen LogP contribution in [0, 0.1) is 0 Å². The van der Waals surface area contributed by atoms with Crippen molar-refractivity contribution < 1.29 is 9.84 Å². The topological polar surface area (TPSA) is 81.3 Å². The molecule has 17 heavy (non-hydrogen) atoms. The average Bonchev–Trinajstić information content (AvgIpc) is 2.72. The molecule has 0 radical (unpaired) electrons. The smallest absolute Gasteiger partial charge is 0.227 e. The number of nitrogens with zero attached hydrogens (tertiary/aromatic N) is 2. The molecule has 0 saturated heterocycles. The summed E-state index contributed by atoms with van der Waals surface area (Å²) in [5.41, 5.74) is 5.63. The van der Waals surface area contributed by atoms with Crippen LogP contribution in [0.15, 0.2) is 6.07 Å². The third-order valence-electron chi connectivity index (χ3n) is 2.32. The average molecular weight is 253 g/mol. The predicted octanol–water partition coefficient (Wildman–Crippen LogP) is 1.60. The molecule has 3 N–H and O–H groups in total. The number of hydrogen-bond donors (Lipinski definition) is 2. The summed E-state index contributed by atoms with van der Waals surface area (Å²) in [6.07, 6.45) is 1.53. The van der Waals surface area contributed by atoms with Gasteiger partial charge in [-0.1, -0.05) is 6.92 Å². The molecule has 0 aliphatic heterocycles. The Morgan fingerprint density at radius 3 is 3.00 bits per heavy atom. The van der Waals surface area contributed by atoms with Gasteiger partial charge in [-0.15, -0.1) is 11.3 Å². The summed E-state index contributed by atoms with van der Waals surface area (Å²) < 4.78 is 5.51. The van der Waals surface area contributed by atoms with Gasteiger partial charge in [0.1, 0.15) is 4.83 Å². The van der Waals surface area contributed by atoms with Crippen LogP contribution < -0.4 is 10.5 Å². The second-order valence-electron chi connectivity index (χ2n) is 3.60. The summed E-state index contributed by atoms with van der Waals surface area (Å²) in [5.74, 6) is 0.734. The van der Waals surface area contributed by atoms with E-state index in [1.807, 2.05) is 6.07 Å².